The van der Waals surface area contributed by atoms with E-state index in [1.165, 1.54) is 5.56 Å². The molecule has 5 nitrogen and oxygen atoms in total. The van der Waals surface area contributed by atoms with Crippen LogP contribution in [0.4, 0.5) is 5.82 Å². The van der Waals surface area contributed by atoms with Crippen molar-refractivity contribution in [1.29, 1.82) is 0 Å². The summed E-state index contributed by atoms with van der Waals surface area (Å²) in [6, 6.07) is 12.2. The summed E-state index contributed by atoms with van der Waals surface area (Å²) >= 11 is 0. The Kier molecular flexibility index (Phi) is 4.76. The van der Waals surface area contributed by atoms with Crippen molar-refractivity contribution in [1.82, 2.24) is 14.7 Å². The molecule has 1 fully saturated rings. The number of likely N-dealkylation sites (tertiary alicyclic amines) is 1. The summed E-state index contributed by atoms with van der Waals surface area (Å²) < 4.78 is 1.84. The van der Waals surface area contributed by atoms with E-state index in [-0.39, 0.29) is 11.9 Å². The Morgan fingerprint density at radius 2 is 2.13 bits per heavy atom. The number of nitrogens with zero attached hydrogens (tertiary/aromatic N) is 3. The minimum absolute atomic E-state index is 0.0595. The summed E-state index contributed by atoms with van der Waals surface area (Å²) in [7, 11) is 0. The predicted octanol–water partition coefficient (Wildman–Crippen LogP) is 2.81. The maximum Gasteiger partial charge on any atom is 0.242 e. The first kappa shape index (κ1) is 15.7. The fourth-order valence-corrected chi connectivity index (χ4v) is 3.23. The number of aromatic nitrogens is 2. The highest BCUT2D eigenvalue weighted by Crippen LogP contribution is 2.22. The lowest BCUT2D eigenvalue weighted by molar-refractivity contribution is -0.120. The van der Waals surface area contributed by atoms with Crippen LogP contribution < -0.4 is 5.32 Å². The Morgan fingerprint density at radius 1 is 1.35 bits per heavy atom. The van der Waals surface area contributed by atoms with Crippen molar-refractivity contribution in [3.8, 4) is 0 Å². The van der Waals surface area contributed by atoms with Gasteiger partial charge in [0.1, 0.15) is 5.82 Å². The van der Waals surface area contributed by atoms with Crippen molar-refractivity contribution >= 4 is 11.7 Å². The summed E-state index contributed by atoms with van der Waals surface area (Å²) in [4.78, 5) is 15.0. The van der Waals surface area contributed by atoms with Gasteiger partial charge >= 0.3 is 0 Å². The number of rotatable bonds is 5. The van der Waals surface area contributed by atoms with Crippen molar-refractivity contribution in [2.24, 2.45) is 0 Å². The maximum absolute atomic E-state index is 12.7. The van der Waals surface area contributed by atoms with Gasteiger partial charge in [-0.15, -0.1) is 0 Å². The van der Waals surface area contributed by atoms with Crippen LogP contribution in [0, 0.1) is 6.92 Å². The van der Waals surface area contributed by atoms with Gasteiger partial charge in [-0.3, -0.25) is 9.69 Å². The molecule has 23 heavy (non-hydrogen) atoms. The molecule has 2 heterocycles. The van der Waals surface area contributed by atoms with Crippen LogP contribution in [0.15, 0.2) is 36.4 Å². The Labute approximate surface area is 137 Å². The van der Waals surface area contributed by atoms with E-state index < -0.39 is 0 Å². The third-order valence-corrected chi connectivity index (χ3v) is 4.35. The number of anilines is 1. The van der Waals surface area contributed by atoms with Gasteiger partial charge in [0.15, 0.2) is 0 Å². The molecule has 0 radical (unpaired) electrons. The van der Waals surface area contributed by atoms with Crippen molar-refractivity contribution in [3.05, 3.63) is 47.7 Å². The Balaban J connectivity index is 1.68. The number of aryl methyl sites for hydroxylation is 2. The molecule has 1 N–H and O–H groups in total. The Hall–Kier alpha value is -2.14. The van der Waals surface area contributed by atoms with Crippen LogP contribution in [0.5, 0.6) is 0 Å². The van der Waals surface area contributed by atoms with Gasteiger partial charge in [-0.1, -0.05) is 30.3 Å². The highest BCUT2D eigenvalue weighted by molar-refractivity contribution is 5.94. The minimum atomic E-state index is -0.0595. The van der Waals surface area contributed by atoms with Crippen molar-refractivity contribution < 1.29 is 4.79 Å². The molecule has 2 aromatic rings. The first-order valence-corrected chi connectivity index (χ1v) is 8.30. The zero-order valence-electron chi connectivity index (χ0n) is 13.8. The van der Waals surface area contributed by atoms with Crippen molar-refractivity contribution in [2.75, 3.05) is 11.9 Å². The maximum atomic E-state index is 12.7. The minimum Gasteiger partial charge on any atom is -0.310 e. The van der Waals surface area contributed by atoms with E-state index in [2.05, 4.69) is 27.4 Å². The van der Waals surface area contributed by atoms with Crippen LogP contribution in [0.25, 0.3) is 0 Å². The molecule has 1 aromatic heterocycles. The third-order valence-electron chi connectivity index (χ3n) is 4.35. The number of nitrogens with one attached hydrogen (secondary N) is 1. The number of benzene rings is 1. The summed E-state index contributed by atoms with van der Waals surface area (Å²) in [6.45, 7) is 6.52. The van der Waals surface area contributed by atoms with Gasteiger partial charge in [-0.25, -0.2) is 4.68 Å². The lowest BCUT2D eigenvalue weighted by atomic mass is 10.1. The molecule has 1 saturated heterocycles. The topological polar surface area (TPSA) is 50.2 Å². The number of carbonyl (C=O) groups excluding carboxylic acids is 1. The highest BCUT2D eigenvalue weighted by Gasteiger charge is 2.31. The second-order valence-corrected chi connectivity index (χ2v) is 6.09. The fraction of sp³-hybridized carbons (Fsp3) is 0.444. The molecule has 1 aliphatic rings. The van der Waals surface area contributed by atoms with Gasteiger partial charge in [0.05, 0.1) is 11.7 Å². The molecule has 122 valence electrons. The molecule has 5 heteroatoms. The average molecular weight is 312 g/mol. The van der Waals surface area contributed by atoms with Crippen LogP contribution in [-0.2, 0) is 17.9 Å². The molecule has 1 aromatic carbocycles. The highest BCUT2D eigenvalue weighted by atomic mass is 16.2. The van der Waals surface area contributed by atoms with Gasteiger partial charge in [0.2, 0.25) is 5.91 Å². The van der Waals surface area contributed by atoms with E-state index in [0.29, 0.717) is 0 Å². The Bertz CT molecular complexity index is 665. The zero-order valence-corrected chi connectivity index (χ0v) is 13.8. The summed E-state index contributed by atoms with van der Waals surface area (Å²) in [6.07, 6.45) is 1.98. The predicted molar refractivity (Wildman–Crippen MR) is 91.1 cm³/mol. The van der Waals surface area contributed by atoms with Crippen LogP contribution in [-0.4, -0.2) is 33.2 Å². The standard InChI is InChI=1S/C18H24N4O/c1-3-22-17(12-14(2)20-22)19-18(23)16-10-7-11-21(16)13-15-8-5-4-6-9-15/h4-6,8-9,12,16H,3,7,10-11,13H2,1-2H3,(H,19,23). The molecule has 3 rings (SSSR count). The van der Waals surface area contributed by atoms with Gasteiger partial charge in [-0.05, 0) is 38.8 Å². The van der Waals surface area contributed by atoms with E-state index in [9.17, 15) is 4.79 Å². The first-order chi connectivity index (χ1) is 11.2. The second kappa shape index (κ2) is 6.96. The number of hydrogen-bond acceptors (Lipinski definition) is 3. The molecule has 1 amide bonds. The molecule has 0 bridgehead atoms. The molecule has 1 aliphatic heterocycles. The van der Waals surface area contributed by atoms with Gasteiger partial charge in [0.25, 0.3) is 0 Å². The second-order valence-electron chi connectivity index (χ2n) is 6.09. The molecule has 0 saturated carbocycles. The average Bonchev–Trinajstić information content (AvgIpc) is 3.14. The number of amides is 1. The molecule has 1 atom stereocenters. The van der Waals surface area contributed by atoms with Crippen LogP contribution in [0.2, 0.25) is 0 Å². The smallest absolute Gasteiger partial charge is 0.242 e. The van der Waals surface area contributed by atoms with Crippen molar-refractivity contribution in [3.63, 3.8) is 0 Å². The third kappa shape index (κ3) is 3.62. The number of carbonyl (C=O) groups is 1. The lowest BCUT2D eigenvalue weighted by Crippen LogP contribution is -2.39. The zero-order chi connectivity index (χ0) is 16.2. The molecular formula is C18H24N4O. The van der Waals surface area contributed by atoms with E-state index >= 15 is 0 Å². The molecular weight excluding hydrogens is 288 g/mol. The van der Waals surface area contributed by atoms with Crippen LogP contribution >= 0.6 is 0 Å². The fourth-order valence-electron chi connectivity index (χ4n) is 3.23. The quantitative estimate of drug-likeness (QED) is 0.923. The SMILES string of the molecule is CCn1nc(C)cc1NC(=O)C1CCCN1Cc1ccccc1. The monoisotopic (exact) mass is 312 g/mol. The summed E-state index contributed by atoms with van der Waals surface area (Å²) in [5.41, 5.74) is 2.18. The van der Waals surface area contributed by atoms with E-state index in [1.807, 2.05) is 42.8 Å². The lowest BCUT2D eigenvalue weighted by Gasteiger charge is -2.23. The molecule has 0 aliphatic carbocycles. The summed E-state index contributed by atoms with van der Waals surface area (Å²) in [5.74, 6) is 0.870. The first-order valence-electron chi connectivity index (χ1n) is 8.30. The molecule has 0 spiro atoms. The number of hydrogen-bond donors (Lipinski definition) is 1. The largest absolute Gasteiger partial charge is 0.310 e. The van der Waals surface area contributed by atoms with Crippen LogP contribution in [0.1, 0.15) is 31.0 Å². The van der Waals surface area contributed by atoms with Crippen LogP contribution in [0.3, 0.4) is 0 Å². The van der Waals surface area contributed by atoms with Gasteiger partial charge < -0.3 is 5.32 Å². The Morgan fingerprint density at radius 3 is 2.87 bits per heavy atom. The van der Waals surface area contributed by atoms with Gasteiger partial charge in [-0.2, -0.15) is 5.10 Å². The van der Waals surface area contributed by atoms with E-state index in [4.69, 9.17) is 0 Å². The molecule has 1 unspecified atom stereocenters. The van der Waals surface area contributed by atoms with Crippen molar-refractivity contribution in [2.45, 2.75) is 45.8 Å². The normalized spacial score (nSPS) is 18.3. The summed E-state index contributed by atoms with van der Waals surface area (Å²) in [5, 5.41) is 7.44. The van der Waals surface area contributed by atoms with E-state index in [1.54, 1.807) is 0 Å². The van der Waals surface area contributed by atoms with E-state index in [0.717, 1.165) is 44.0 Å². The van der Waals surface area contributed by atoms with Gasteiger partial charge in [0, 0.05) is 19.2 Å².